The minimum absolute atomic E-state index is 0.344. The number of rotatable bonds is 1. The number of hydrogen-bond acceptors (Lipinski definition) is 3. The second-order valence-electron chi connectivity index (χ2n) is 3.65. The van der Waals surface area contributed by atoms with Crippen LogP contribution < -0.4 is 4.74 Å². The van der Waals surface area contributed by atoms with Crippen LogP contribution in [0.15, 0.2) is 24.4 Å². The number of aryl methyl sites for hydroxylation is 1. The lowest BCUT2D eigenvalue weighted by molar-refractivity contribution is 0.230. The van der Waals surface area contributed by atoms with E-state index in [0.29, 0.717) is 5.69 Å². The highest BCUT2D eigenvalue weighted by Gasteiger charge is 2.14. The molecular weight excluding hydrogens is 209 g/mol. The van der Waals surface area contributed by atoms with Crippen molar-refractivity contribution in [3.8, 4) is 17.3 Å². The minimum Gasteiger partial charge on any atom is -0.478 e. The van der Waals surface area contributed by atoms with Crippen LogP contribution in [0.3, 0.4) is 0 Å². The number of hydrogen-bond donors (Lipinski definition) is 0. The second kappa shape index (κ2) is 3.59. The van der Waals surface area contributed by atoms with E-state index in [2.05, 4.69) is 10.1 Å². The highest BCUT2D eigenvalue weighted by Crippen LogP contribution is 2.24. The van der Waals surface area contributed by atoms with Crippen LogP contribution in [0.5, 0.6) is 5.88 Å². The van der Waals surface area contributed by atoms with E-state index in [0.717, 1.165) is 31.1 Å². The first-order valence-corrected chi connectivity index (χ1v) is 5.15. The van der Waals surface area contributed by atoms with Gasteiger partial charge in [-0.2, -0.15) is 5.10 Å². The Morgan fingerprint density at radius 1 is 1.31 bits per heavy atom. The first kappa shape index (κ1) is 9.33. The maximum atomic E-state index is 12.7. The van der Waals surface area contributed by atoms with Gasteiger partial charge in [-0.3, -0.25) is 4.98 Å². The topological polar surface area (TPSA) is 39.9 Å². The van der Waals surface area contributed by atoms with E-state index in [4.69, 9.17) is 4.74 Å². The van der Waals surface area contributed by atoms with Crippen LogP contribution in [0, 0.1) is 5.82 Å². The van der Waals surface area contributed by atoms with Gasteiger partial charge in [0, 0.05) is 19.0 Å². The Morgan fingerprint density at radius 2 is 2.25 bits per heavy atom. The van der Waals surface area contributed by atoms with Gasteiger partial charge in [0.25, 0.3) is 0 Å². The smallest absolute Gasteiger partial charge is 0.212 e. The molecule has 0 saturated heterocycles. The number of ether oxygens (including phenoxy) is 1. The maximum Gasteiger partial charge on any atom is 0.212 e. The average Bonchev–Trinajstić information content (AvgIpc) is 2.73. The lowest BCUT2D eigenvalue weighted by Crippen LogP contribution is -2.14. The van der Waals surface area contributed by atoms with E-state index in [1.54, 1.807) is 6.07 Å². The molecule has 2 aromatic heterocycles. The summed E-state index contributed by atoms with van der Waals surface area (Å²) < 4.78 is 20.0. The summed E-state index contributed by atoms with van der Waals surface area (Å²) in [6, 6.07) is 4.82. The third-order valence-corrected chi connectivity index (χ3v) is 2.50. The third kappa shape index (κ3) is 1.54. The quantitative estimate of drug-likeness (QED) is 0.735. The van der Waals surface area contributed by atoms with E-state index >= 15 is 0 Å². The Bertz CT molecular complexity index is 483. The lowest BCUT2D eigenvalue weighted by Gasteiger charge is -2.13. The molecule has 0 aliphatic carbocycles. The van der Waals surface area contributed by atoms with Gasteiger partial charge in [0.05, 0.1) is 18.5 Å². The summed E-state index contributed by atoms with van der Waals surface area (Å²) in [5, 5.41) is 4.36. The summed E-state index contributed by atoms with van der Waals surface area (Å²) in [4.78, 5) is 3.99. The van der Waals surface area contributed by atoms with Crippen molar-refractivity contribution >= 4 is 0 Å². The zero-order valence-electron chi connectivity index (χ0n) is 8.56. The van der Waals surface area contributed by atoms with Gasteiger partial charge in [0.1, 0.15) is 11.5 Å². The molecule has 0 saturated carbocycles. The van der Waals surface area contributed by atoms with Crippen LogP contribution >= 0.6 is 0 Å². The molecule has 1 aliphatic heterocycles. The maximum absolute atomic E-state index is 12.7. The number of halogens is 1. The zero-order valence-corrected chi connectivity index (χ0v) is 8.56. The van der Waals surface area contributed by atoms with Gasteiger partial charge in [-0.15, -0.1) is 0 Å². The molecule has 3 heterocycles. The normalized spacial score (nSPS) is 14.3. The zero-order chi connectivity index (χ0) is 11.0. The fourth-order valence-corrected chi connectivity index (χ4v) is 1.72. The summed E-state index contributed by atoms with van der Waals surface area (Å²) in [6.45, 7) is 1.58. The molecule has 0 atom stereocenters. The van der Waals surface area contributed by atoms with E-state index in [1.165, 1.54) is 12.3 Å². The summed E-state index contributed by atoms with van der Waals surface area (Å²) in [7, 11) is 0. The standard InChI is InChI=1S/C11H10FN3O/c12-8-2-3-9(13-7-8)10-6-11-15(14-10)4-1-5-16-11/h2-3,6-7H,1,4-5H2. The average molecular weight is 219 g/mol. The molecule has 0 aromatic carbocycles. The molecule has 1 aliphatic rings. The number of nitrogens with zero attached hydrogens (tertiary/aromatic N) is 3. The van der Waals surface area contributed by atoms with E-state index in [-0.39, 0.29) is 5.82 Å². The molecule has 4 nitrogen and oxygen atoms in total. The van der Waals surface area contributed by atoms with Crippen molar-refractivity contribution in [2.45, 2.75) is 13.0 Å². The van der Waals surface area contributed by atoms with Crippen molar-refractivity contribution in [1.82, 2.24) is 14.8 Å². The highest BCUT2D eigenvalue weighted by atomic mass is 19.1. The molecule has 0 radical (unpaired) electrons. The second-order valence-corrected chi connectivity index (χ2v) is 3.65. The summed E-state index contributed by atoms with van der Waals surface area (Å²) in [5.74, 6) is 0.413. The monoisotopic (exact) mass is 219 g/mol. The predicted octanol–water partition coefficient (Wildman–Crippen LogP) is 1.87. The molecule has 0 N–H and O–H groups in total. The van der Waals surface area contributed by atoms with E-state index < -0.39 is 0 Å². The fourth-order valence-electron chi connectivity index (χ4n) is 1.72. The number of aromatic nitrogens is 3. The van der Waals surface area contributed by atoms with Crippen molar-refractivity contribution in [2.24, 2.45) is 0 Å². The van der Waals surface area contributed by atoms with Gasteiger partial charge in [-0.25, -0.2) is 9.07 Å². The Hall–Kier alpha value is -1.91. The molecule has 2 aromatic rings. The van der Waals surface area contributed by atoms with Crippen molar-refractivity contribution in [3.05, 3.63) is 30.2 Å². The summed E-state index contributed by atoms with van der Waals surface area (Å²) >= 11 is 0. The Balaban J connectivity index is 2.00. The van der Waals surface area contributed by atoms with Crippen LogP contribution in [0.25, 0.3) is 11.4 Å². The largest absolute Gasteiger partial charge is 0.478 e. The fraction of sp³-hybridized carbons (Fsp3) is 0.273. The number of pyridine rings is 1. The Kier molecular flexibility index (Phi) is 2.09. The number of fused-ring (bicyclic) bond motifs is 1. The van der Waals surface area contributed by atoms with Crippen molar-refractivity contribution in [1.29, 1.82) is 0 Å². The van der Waals surface area contributed by atoms with Gasteiger partial charge in [0.15, 0.2) is 0 Å². The Labute approximate surface area is 91.7 Å². The van der Waals surface area contributed by atoms with Gasteiger partial charge in [0.2, 0.25) is 5.88 Å². The van der Waals surface area contributed by atoms with Gasteiger partial charge in [-0.1, -0.05) is 0 Å². The summed E-state index contributed by atoms with van der Waals surface area (Å²) in [5.41, 5.74) is 1.38. The van der Waals surface area contributed by atoms with Gasteiger partial charge in [-0.05, 0) is 12.1 Å². The molecule has 0 fully saturated rings. The minimum atomic E-state index is -0.344. The van der Waals surface area contributed by atoms with Gasteiger partial charge >= 0.3 is 0 Å². The highest BCUT2D eigenvalue weighted by molar-refractivity contribution is 5.55. The van der Waals surface area contributed by atoms with Crippen LogP contribution in [0.2, 0.25) is 0 Å². The Morgan fingerprint density at radius 3 is 3.00 bits per heavy atom. The molecule has 3 rings (SSSR count). The van der Waals surface area contributed by atoms with E-state index in [1.807, 2.05) is 10.7 Å². The van der Waals surface area contributed by atoms with Crippen LogP contribution in [0.4, 0.5) is 4.39 Å². The third-order valence-electron chi connectivity index (χ3n) is 2.50. The molecule has 0 spiro atoms. The predicted molar refractivity (Wildman–Crippen MR) is 55.5 cm³/mol. The molecule has 82 valence electrons. The lowest BCUT2D eigenvalue weighted by atomic mass is 10.3. The van der Waals surface area contributed by atoms with E-state index in [9.17, 15) is 4.39 Å². The molecule has 0 bridgehead atoms. The van der Waals surface area contributed by atoms with Crippen LogP contribution in [-0.2, 0) is 6.54 Å². The van der Waals surface area contributed by atoms with Crippen molar-refractivity contribution < 1.29 is 9.13 Å². The van der Waals surface area contributed by atoms with Crippen LogP contribution in [0.1, 0.15) is 6.42 Å². The summed E-state index contributed by atoms with van der Waals surface area (Å²) in [6.07, 6.45) is 2.15. The SMILES string of the molecule is Fc1ccc(-c2cc3n(n2)CCCO3)nc1. The molecule has 0 amide bonds. The molecular formula is C11H10FN3O. The first-order valence-electron chi connectivity index (χ1n) is 5.15. The molecule has 0 unspecified atom stereocenters. The van der Waals surface area contributed by atoms with Crippen LogP contribution in [-0.4, -0.2) is 21.4 Å². The van der Waals surface area contributed by atoms with Crippen molar-refractivity contribution in [3.63, 3.8) is 0 Å². The first-order chi connectivity index (χ1) is 7.83. The van der Waals surface area contributed by atoms with Gasteiger partial charge < -0.3 is 4.74 Å². The molecule has 16 heavy (non-hydrogen) atoms. The van der Waals surface area contributed by atoms with Crippen molar-refractivity contribution in [2.75, 3.05) is 6.61 Å². The molecule has 5 heteroatoms.